The molecule has 0 saturated carbocycles. The zero-order valence-electron chi connectivity index (χ0n) is 14.2. The fourth-order valence-electron chi connectivity index (χ4n) is 2.69. The summed E-state index contributed by atoms with van der Waals surface area (Å²) in [6.45, 7) is 2.52. The Kier molecular flexibility index (Phi) is 5.75. The lowest BCUT2D eigenvalue weighted by molar-refractivity contribution is -0.117. The van der Waals surface area contributed by atoms with Crippen LogP contribution in [0.25, 0.3) is 0 Å². The molecule has 2 aromatic rings. The van der Waals surface area contributed by atoms with Gasteiger partial charge in [0.15, 0.2) is 0 Å². The number of piperazine rings is 1. The number of urea groups is 1. The first-order chi connectivity index (χ1) is 12.6. The van der Waals surface area contributed by atoms with Crippen LogP contribution in [0.2, 0.25) is 0 Å². The number of pyridine rings is 1. The molecular weight excluding hydrogens is 337 g/mol. The summed E-state index contributed by atoms with van der Waals surface area (Å²) in [5.74, 6) is -0.506. The Morgan fingerprint density at radius 2 is 1.73 bits per heavy atom. The number of nitrogens with one attached hydrogen (secondary N) is 2. The molecule has 1 saturated heterocycles. The van der Waals surface area contributed by atoms with E-state index >= 15 is 0 Å². The topological polar surface area (TPSA) is 77.6 Å². The molecule has 2 heterocycles. The number of amides is 3. The second-order valence-electron chi connectivity index (χ2n) is 5.99. The monoisotopic (exact) mass is 357 g/mol. The van der Waals surface area contributed by atoms with E-state index in [1.807, 2.05) is 4.90 Å². The van der Waals surface area contributed by atoms with Crippen molar-refractivity contribution in [2.24, 2.45) is 0 Å². The van der Waals surface area contributed by atoms with Crippen LogP contribution in [0.1, 0.15) is 0 Å². The van der Waals surface area contributed by atoms with E-state index < -0.39 is 0 Å². The van der Waals surface area contributed by atoms with Crippen molar-refractivity contribution >= 4 is 23.3 Å². The Balaban J connectivity index is 1.42. The molecule has 3 amide bonds. The highest BCUT2D eigenvalue weighted by atomic mass is 19.1. The van der Waals surface area contributed by atoms with Gasteiger partial charge in [0.05, 0.1) is 18.4 Å². The van der Waals surface area contributed by atoms with Crippen LogP contribution in [0.5, 0.6) is 0 Å². The van der Waals surface area contributed by atoms with E-state index in [1.54, 1.807) is 29.4 Å². The summed E-state index contributed by atoms with van der Waals surface area (Å²) in [6.07, 6.45) is 3.24. The van der Waals surface area contributed by atoms with E-state index in [4.69, 9.17) is 0 Å². The van der Waals surface area contributed by atoms with Crippen LogP contribution < -0.4 is 10.6 Å². The van der Waals surface area contributed by atoms with Gasteiger partial charge in [-0.1, -0.05) is 0 Å². The van der Waals surface area contributed by atoms with E-state index in [1.165, 1.54) is 24.3 Å². The van der Waals surface area contributed by atoms with Gasteiger partial charge in [0.25, 0.3) is 0 Å². The smallest absolute Gasteiger partial charge is 0.321 e. The second-order valence-corrected chi connectivity index (χ2v) is 5.99. The van der Waals surface area contributed by atoms with Gasteiger partial charge in [-0.05, 0) is 36.4 Å². The Bertz CT molecular complexity index is 746. The van der Waals surface area contributed by atoms with E-state index in [9.17, 15) is 14.0 Å². The summed E-state index contributed by atoms with van der Waals surface area (Å²) in [6, 6.07) is 9.01. The van der Waals surface area contributed by atoms with Gasteiger partial charge in [-0.3, -0.25) is 14.7 Å². The first-order valence-electron chi connectivity index (χ1n) is 8.34. The maximum absolute atomic E-state index is 12.9. The molecule has 0 atom stereocenters. The highest BCUT2D eigenvalue weighted by Crippen LogP contribution is 2.10. The fourth-order valence-corrected chi connectivity index (χ4v) is 2.69. The predicted molar refractivity (Wildman–Crippen MR) is 96.3 cm³/mol. The maximum atomic E-state index is 12.9. The van der Waals surface area contributed by atoms with Gasteiger partial charge in [-0.15, -0.1) is 0 Å². The Morgan fingerprint density at radius 3 is 2.38 bits per heavy atom. The van der Waals surface area contributed by atoms with E-state index in [0.29, 0.717) is 37.6 Å². The molecular formula is C18H20FN5O2. The van der Waals surface area contributed by atoms with Crippen molar-refractivity contribution in [1.29, 1.82) is 0 Å². The summed E-state index contributed by atoms with van der Waals surface area (Å²) in [4.78, 5) is 31.9. The van der Waals surface area contributed by atoms with E-state index in [2.05, 4.69) is 15.6 Å². The van der Waals surface area contributed by atoms with Crippen molar-refractivity contribution in [3.8, 4) is 0 Å². The molecule has 1 aliphatic rings. The molecule has 0 bridgehead atoms. The molecule has 136 valence electrons. The molecule has 3 rings (SSSR count). The molecule has 0 unspecified atom stereocenters. The largest absolute Gasteiger partial charge is 0.325 e. The SMILES string of the molecule is O=C(CN1CCN(C(=O)Nc2cccnc2)CC1)Nc1ccc(F)cc1. The molecule has 1 aromatic heterocycles. The molecule has 1 fully saturated rings. The number of nitrogens with zero attached hydrogens (tertiary/aromatic N) is 3. The Labute approximate surface area is 150 Å². The first kappa shape index (κ1) is 17.8. The number of carbonyl (C=O) groups is 2. The minimum absolute atomic E-state index is 0.162. The zero-order valence-corrected chi connectivity index (χ0v) is 14.2. The molecule has 8 heteroatoms. The normalized spacial score (nSPS) is 14.7. The third-order valence-electron chi connectivity index (χ3n) is 4.07. The van der Waals surface area contributed by atoms with Crippen LogP contribution in [0.4, 0.5) is 20.6 Å². The van der Waals surface area contributed by atoms with Gasteiger partial charge in [0, 0.05) is 38.1 Å². The van der Waals surface area contributed by atoms with Crippen molar-refractivity contribution in [2.75, 3.05) is 43.4 Å². The van der Waals surface area contributed by atoms with Crippen LogP contribution in [0, 0.1) is 5.82 Å². The molecule has 1 aromatic carbocycles. The standard InChI is InChI=1S/C18H20FN5O2/c19-14-3-5-15(6-4-14)21-17(25)13-23-8-10-24(11-9-23)18(26)22-16-2-1-7-20-12-16/h1-7,12H,8-11,13H2,(H,21,25)(H,22,26). The second kappa shape index (κ2) is 8.39. The van der Waals surface area contributed by atoms with Gasteiger partial charge in [-0.25, -0.2) is 9.18 Å². The van der Waals surface area contributed by atoms with Gasteiger partial charge in [0.2, 0.25) is 5.91 Å². The first-order valence-corrected chi connectivity index (χ1v) is 8.34. The molecule has 1 aliphatic heterocycles. The summed E-state index contributed by atoms with van der Waals surface area (Å²) in [7, 11) is 0. The summed E-state index contributed by atoms with van der Waals surface area (Å²) in [5, 5.41) is 5.54. The highest BCUT2D eigenvalue weighted by Gasteiger charge is 2.22. The lowest BCUT2D eigenvalue weighted by atomic mass is 10.3. The molecule has 0 radical (unpaired) electrons. The minimum Gasteiger partial charge on any atom is -0.325 e. The number of aromatic nitrogens is 1. The quantitative estimate of drug-likeness (QED) is 0.878. The van der Waals surface area contributed by atoms with Gasteiger partial charge >= 0.3 is 6.03 Å². The minimum atomic E-state index is -0.344. The Morgan fingerprint density at radius 1 is 1.00 bits per heavy atom. The number of hydrogen-bond donors (Lipinski definition) is 2. The van der Waals surface area contributed by atoms with Gasteiger partial charge in [0.1, 0.15) is 5.82 Å². The third kappa shape index (κ3) is 5.00. The lowest BCUT2D eigenvalue weighted by Gasteiger charge is -2.34. The van der Waals surface area contributed by atoms with Crippen molar-refractivity contribution < 1.29 is 14.0 Å². The summed E-state index contributed by atoms with van der Waals surface area (Å²) in [5.41, 5.74) is 1.21. The number of rotatable bonds is 4. The average molecular weight is 357 g/mol. The van der Waals surface area contributed by atoms with Gasteiger partial charge in [-0.2, -0.15) is 0 Å². The van der Waals surface area contributed by atoms with Crippen molar-refractivity contribution in [3.63, 3.8) is 0 Å². The van der Waals surface area contributed by atoms with Crippen molar-refractivity contribution in [3.05, 3.63) is 54.6 Å². The third-order valence-corrected chi connectivity index (χ3v) is 4.07. The zero-order chi connectivity index (χ0) is 18.4. The van der Waals surface area contributed by atoms with E-state index in [0.717, 1.165) is 0 Å². The fraction of sp³-hybridized carbons (Fsp3) is 0.278. The van der Waals surface area contributed by atoms with Crippen LogP contribution in [-0.2, 0) is 4.79 Å². The van der Waals surface area contributed by atoms with Crippen LogP contribution >= 0.6 is 0 Å². The van der Waals surface area contributed by atoms with Crippen LogP contribution in [-0.4, -0.2) is 59.4 Å². The summed E-state index contributed by atoms with van der Waals surface area (Å²) < 4.78 is 12.9. The number of benzene rings is 1. The molecule has 26 heavy (non-hydrogen) atoms. The number of carbonyl (C=O) groups excluding carboxylic acids is 2. The van der Waals surface area contributed by atoms with Crippen LogP contribution in [0.15, 0.2) is 48.8 Å². The van der Waals surface area contributed by atoms with E-state index in [-0.39, 0.29) is 24.3 Å². The number of anilines is 2. The lowest BCUT2D eigenvalue weighted by Crippen LogP contribution is -2.51. The number of hydrogen-bond acceptors (Lipinski definition) is 4. The summed E-state index contributed by atoms with van der Waals surface area (Å²) >= 11 is 0. The molecule has 2 N–H and O–H groups in total. The average Bonchev–Trinajstić information content (AvgIpc) is 2.65. The molecule has 0 aliphatic carbocycles. The highest BCUT2D eigenvalue weighted by molar-refractivity contribution is 5.92. The Hall–Kier alpha value is -3.00. The van der Waals surface area contributed by atoms with Gasteiger partial charge < -0.3 is 15.5 Å². The van der Waals surface area contributed by atoms with Crippen molar-refractivity contribution in [1.82, 2.24) is 14.8 Å². The number of halogens is 1. The van der Waals surface area contributed by atoms with Crippen LogP contribution in [0.3, 0.4) is 0 Å². The molecule has 7 nitrogen and oxygen atoms in total. The maximum Gasteiger partial charge on any atom is 0.321 e. The predicted octanol–water partition coefficient (Wildman–Crippen LogP) is 2.01. The molecule has 0 spiro atoms. The van der Waals surface area contributed by atoms with Crippen molar-refractivity contribution in [2.45, 2.75) is 0 Å².